The minimum absolute atomic E-state index is 0.670. The van der Waals surface area contributed by atoms with E-state index in [1.54, 1.807) is 18.4 Å². The number of hydrogen-bond acceptors (Lipinski definition) is 4. The molecule has 1 N–H and O–H groups in total. The first kappa shape index (κ1) is 13.2. The van der Waals surface area contributed by atoms with Gasteiger partial charge >= 0.3 is 0 Å². The standard InChI is InChI=1S/C13H15ClN2OS/c1-3-13-16-9(8-18-13)7-15-12-6-10(17-2)4-5-11(12)14/h4-6,8,15H,3,7H2,1-2H3. The summed E-state index contributed by atoms with van der Waals surface area (Å²) >= 11 is 7.80. The van der Waals surface area contributed by atoms with Gasteiger partial charge in [0.15, 0.2) is 0 Å². The fourth-order valence-electron chi connectivity index (χ4n) is 1.55. The van der Waals surface area contributed by atoms with Crippen molar-refractivity contribution in [3.8, 4) is 5.75 Å². The lowest BCUT2D eigenvalue weighted by atomic mass is 10.3. The van der Waals surface area contributed by atoms with Crippen molar-refractivity contribution in [3.63, 3.8) is 0 Å². The Hall–Kier alpha value is -1.26. The Balaban J connectivity index is 2.05. The minimum atomic E-state index is 0.670. The van der Waals surface area contributed by atoms with Crippen LogP contribution < -0.4 is 10.1 Å². The molecule has 0 saturated carbocycles. The third kappa shape index (κ3) is 3.15. The zero-order valence-corrected chi connectivity index (χ0v) is 11.9. The van der Waals surface area contributed by atoms with Gasteiger partial charge in [0.05, 0.1) is 35.1 Å². The molecule has 0 atom stereocenters. The first-order valence-electron chi connectivity index (χ1n) is 5.73. The van der Waals surface area contributed by atoms with Crippen LogP contribution in [-0.2, 0) is 13.0 Å². The van der Waals surface area contributed by atoms with Gasteiger partial charge in [0.1, 0.15) is 5.75 Å². The second-order valence-corrected chi connectivity index (χ2v) is 5.14. The van der Waals surface area contributed by atoms with Gasteiger partial charge in [-0.25, -0.2) is 4.98 Å². The highest BCUT2D eigenvalue weighted by Crippen LogP contribution is 2.27. The quantitative estimate of drug-likeness (QED) is 0.901. The van der Waals surface area contributed by atoms with E-state index < -0.39 is 0 Å². The van der Waals surface area contributed by atoms with Gasteiger partial charge in [0.25, 0.3) is 0 Å². The second kappa shape index (κ2) is 6.07. The van der Waals surface area contributed by atoms with Crippen molar-refractivity contribution < 1.29 is 4.74 Å². The Labute approximate surface area is 116 Å². The van der Waals surface area contributed by atoms with Crippen LogP contribution in [0.25, 0.3) is 0 Å². The van der Waals surface area contributed by atoms with Gasteiger partial charge in [-0.1, -0.05) is 18.5 Å². The molecule has 0 amide bonds. The Morgan fingerprint density at radius 3 is 2.94 bits per heavy atom. The van der Waals surface area contributed by atoms with Gasteiger partial charge in [-0.15, -0.1) is 11.3 Å². The zero-order chi connectivity index (χ0) is 13.0. The summed E-state index contributed by atoms with van der Waals surface area (Å²) in [4.78, 5) is 4.50. The molecule has 0 aliphatic rings. The van der Waals surface area contributed by atoms with Gasteiger partial charge in [-0.2, -0.15) is 0 Å². The monoisotopic (exact) mass is 282 g/mol. The molecule has 1 aromatic carbocycles. The van der Waals surface area contributed by atoms with Crippen LogP contribution in [-0.4, -0.2) is 12.1 Å². The maximum absolute atomic E-state index is 6.12. The van der Waals surface area contributed by atoms with Crippen molar-refractivity contribution in [3.05, 3.63) is 39.3 Å². The number of aromatic nitrogens is 1. The van der Waals surface area contributed by atoms with E-state index in [2.05, 4.69) is 22.6 Å². The Morgan fingerprint density at radius 2 is 2.28 bits per heavy atom. The van der Waals surface area contributed by atoms with E-state index in [1.807, 2.05) is 18.2 Å². The van der Waals surface area contributed by atoms with Crippen molar-refractivity contribution in [2.45, 2.75) is 19.9 Å². The number of nitrogens with one attached hydrogen (secondary N) is 1. The number of anilines is 1. The Bertz CT molecular complexity index is 527. The third-order valence-electron chi connectivity index (χ3n) is 2.54. The van der Waals surface area contributed by atoms with E-state index in [0.717, 1.165) is 28.6 Å². The van der Waals surface area contributed by atoms with Crippen LogP contribution in [0.15, 0.2) is 23.6 Å². The largest absolute Gasteiger partial charge is 0.497 e. The number of rotatable bonds is 5. The number of halogens is 1. The fourth-order valence-corrected chi connectivity index (χ4v) is 2.47. The smallest absolute Gasteiger partial charge is 0.121 e. The molecular weight excluding hydrogens is 268 g/mol. The maximum Gasteiger partial charge on any atom is 0.121 e. The van der Waals surface area contributed by atoms with Gasteiger partial charge in [-0.05, 0) is 18.6 Å². The van der Waals surface area contributed by atoms with Crippen molar-refractivity contribution in [2.75, 3.05) is 12.4 Å². The Kier molecular flexibility index (Phi) is 4.44. The summed E-state index contributed by atoms with van der Waals surface area (Å²) in [6.07, 6.45) is 0.977. The van der Waals surface area contributed by atoms with Crippen LogP contribution >= 0.6 is 22.9 Å². The Morgan fingerprint density at radius 1 is 1.44 bits per heavy atom. The summed E-state index contributed by atoms with van der Waals surface area (Å²) in [5.41, 5.74) is 1.90. The molecule has 5 heteroatoms. The highest BCUT2D eigenvalue weighted by Gasteiger charge is 2.04. The molecule has 0 spiro atoms. The molecule has 0 fully saturated rings. The molecule has 0 radical (unpaired) electrons. The number of ether oxygens (including phenoxy) is 1. The fraction of sp³-hybridized carbons (Fsp3) is 0.308. The normalized spacial score (nSPS) is 10.4. The summed E-state index contributed by atoms with van der Waals surface area (Å²) in [5.74, 6) is 0.787. The lowest BCUT2D eigenvalue weighted by Crippen LogP contribution is -2.01. The van der Waals surface area contributed by atoms with E-state index in [4.69, 9.17) is 16.3 Å². The highest BCUT2D eigenvalue weighted by atomic mass is 35.5. The highest BCUT2D eigenvalue weighted by molar-refractivity contribution is 7.09. The van der Waals surface area contributed by atoms with Gasteiger partial charge in [0.2, 0.25) is 0 Å². The van der Waals surface area contributed by atoms with Crippen LogP contribution in [0.5, 0.6) is 5.75 Å². The van der Waals surface area contributed by atoms with Gasteiger partial charge < -0.3 is 10.1 Å². The number of benzene rings is 1. The molecular formula is C13H15ClN2OS. The average molecular weight is 283 g/mol. The topological polar surface area (TPSA) is 34.2 Å². The summed E-state index contributed by atoms with van der Waals surface area (Å²) in [5, 5.41) is 7.18. The van der Waals surface area contributed by atoms with Crippen molar-refractivity contribution in [1.82, 2.24) is 4.98 Å². The van der Waals surface area contributed by atoms with Crippen LogP contribution in [0.4, 0.5) is 5.69 Å². The number of methoxy groups -OCH3 is 1. The lowest BCUT2D eigenvalue weighted by molar-refractivity contribution is 0.415. The predicted molar refractivity (Wildman–Crippen MR) is 76.8 cm³/mol. The number of aryl methyl sites for hydroxylation is 1. The summed E-state index contributed by atoms with van der Waals surface area (Å²) < 4.78 is 5.17. The van der Waals surface area contributed by atoms with E-state index in [9.17, 15) is 0 Å². The summed E-state index contributed by atoms with van der Waals surface area (Å²) in [6.45, 7) is 2.78. The summed E-state index contributed by atoms with van der Waals surface area (Å²) in [7, 11) is 1.64. The molecule has 2 aromatic rings. The minimum Gasteiger partial charge on any atom is -0.497 e. The maximum atomic E-state index is 6.12. The van der Waals surface area contributed by atoms with E-state index in [1.165, 1.54) is 0 Å². The molecule has 2 rings (SSSR count). The molecule has 1 aromatic heterocycles. The molecule has 96 valence electrons. The summed E-state index contributed by atoms with van der Waals surface area (Å²) in [6, 6.07) is 5.54. The third-order valence-corrected chi connectivity index (χ3v) is 3.91. The number of nitrogens with zero attached hydrogens (tertiary/aromatic N) is 1. The lowest BCUT2D eigenvalue weighted by Gasteiger charge is -2.08. The van der Waals surface area contributed by atoms with Gasteiger partial charge in [0, 0.05) is 11.4 Å². The van der Waals surface area contributed by atoms with Crippen LogP contribution in [0.2, 0.25) is 5.02 Å². The second-order valence-electron chi connectivity index (χ2n) is 3.79. The molecule has 0 bridgehead atoms. The first-order valence-corrected chi connectivity index (χ1v) is 6.99. The average Bonchev–Trinajstić information content (AvgIpc) is 2.86. The molecule has 3 nitrogen and oxygen atoms in total. The van der Waals surface area contributed by atoms with Crippen LogP contribution in [0.3, 0.4) is 0 Å². The number of thiazole rings is 1. The number of hydrogen-bond donors (Lipinski definition) is 1. The van der Waals surface area contributed by atoms with Crippen LogP contribution in [0, 0.1) is 0 Å². The first-order chi connectivity index (χ1) is 8.72. The molecule has 1 heterocycles. The molecule has 0 saturated heterocycles. The predicted octanol–water partition coefficient (Wildman–Crippen LogP) is 3.98. The van der Waals surface area contributed by atoms with Gasteiger partial charge in [-0.3, -0.25) is 0 Å². The molecule has 18 heavy (non-hydrogen) atoms. The van der Waals surface area contributed by atoms with Crippen LogP contribution in [0.1, 0.15) is 17.6 Å². The van der Waals surface area contributed by atoms with Crippen molar-refractivity contribution >= 4 is 28.6 Å². The van der Waals surface area contributed by atoms with E-state index in [0.29, 0.717) is 11.6 Å². The van der Waals surface area contributed by atoms with Crippen molar-refractivity contribution in [2.24, 2.45) is 0 Å². The molecule has 0 unspecified atom stereocenters. The van der Waals surface area contributed by atoms with Crippen molar-refractivity contribution in [1.29, 1.82) is 0 Å². The molecule has 0 aliphatic carbocycles. The van der Waals surface area contributed by atoms with E-state index in [-0.39, 0.29) is 0 Å². The molecule has 0 aliphatic heterocycles. The zero-order valence-electron chi connectivity index (χ0n) is 10.4. The SMILES string of the molecule is CCc1nc(CNc2cc(OC)ccc2Cl)cs1. The van der Waals surface area contributed by atoms with E-state index >= 15 is 0 Å².